The molecular weight excluding hydrogens is 240 g/mol. The smallest absolute Gasteiger partial charge is 0.125 e. The lowest BCUT2D eigenvalue weighted by molar-refractivity contribution is 0.390. The largest absolute Gasteiger partial charge is 0.497 e. The average molecular weight is 266 g/mol. The molecule has 3 N–H and O–H groups in total. The lowest BCUT2D eigenvalue weighted by atomic mass is 10.1. The molecule has 0 aliphatic heterocycles. The predicted molar refractivity (Wildman–Crippen MR) is 79.0 cm³/mol. The molecule has 0 radical (unpaired) electrons. The number of ether oxygens (including phenoxy) is 2. The van der Waals surface area contributed by atoms with Crippen LogP contribution in [0.1, 0.15) is 18.9 Å². The molecular formula is C15H26N2O2. The molecule has 108 valence electrons. The summed E-state index contributed by atoms with van der Waals surface area (Å²) in [7, 11) is 3.35. The summed E-state index contributed by atoms with van der Waals surface area (Å²) in [5.41, 5.74) is 6.87. The highest BCUT2D eigenvalue weighted by molar-refractivity contribution is 5.40. The maximum absolute atomic E-state index is 5.68. The molecule has 4 nitrogen and oxygen atoms in total. The lowest BCUT2D eigenvalue weighted by Gasteiger charge is -2.14. The van der Waals surface area contributed by atoms with Crippen molar-refractivity contribution in [3.05, 3.63) is 23.8 Å². The van der Waals surface area contributed by atoms with E-state index in [0.717, 1.165) is 44.0 Å². The molecule has 0 aromatic heterocycles. The van der Waals surface area contributed by atoms with E-state index < -0.39 is 0 Å². The normalized spacial score (nSPS) is 12.2. The summed E-state index contributed by atoms with van der Waals surface area (Å²) in [6.45, 7) is 4.83. The number of hydrogen-bond donors (Lipinski definition) is 2. The molecule has 0 aliphatic carbocycles. The van der Waals surface area contributed by atoms with Crippen molar-refractivity contribution in [2.75, 3.05) is 33.9 Å². The van der Waals surface area contributed by atoms with Crippen molar-refractivity contribution in [1.82, 2.24) is 5.32 Å². The zero-order valence-electron chi connectivity index (χ0n) is 12.2. The van der Waals surface area contributed by atoms with Crippen molar-refractivity contribution in [1.29, 1.82) is 0 Å². The van der Waals surface area contributed by atoms with Crippen molar-refractivity contribution >= 4 is 0 Å². The summed E-state index contributed by atoms with van der Waals surface area (Å²) in [4.78, 5) is 0. The van der Waals surface area contributed by atoms with E-state index >= 15 is 0 Å². The van der Waals surface area contributed by atoms with Crippen LogP contribution in [0.15, 0.2) is 18.2 Å². The van der Waals surface area contributed by atoms with E-state index in [1.54, 1.807) is 14.2 Å². The fourth-order valence-electron chi connectivity index (χ4n) is 1.98. The zero-order chi connectivity index (χ0) is 14.1. The summed E-state index contributed by atoms with van der Waals surface area (Å²) < 4.78 is 10.6. The first-order valence-electron chi connectivity index (χ1n) is 6.86. The van der Waals surface area contributed by atoms with Gasteiger partial charge in [0.05, 0.1) is 14.2 Å². The fraction of sp³-hybridized carbons (Fsp3) is 0.600. The third kappa shape index (κ3) is 5.09. The highest BCUT2D eigenvalue weighted by Crippen LogP contribution is 2.24. The van der Waals surface area contributed by atoms with Gasteiger partial charge >= 0.3 is 0 Å². The summed E-state index contributed by atoms with van der Waals surface area (Å²) in [5, 5.41) is 3.45. The Bertz CT molecular complexity index is 365. The lowest BCUT2D eigenvalue weighted by Crippen LogP contribution is -2.29. The van der Waals surface area contributed by atoms with Gasteiger partial charge in [0.25, 0.3) is 0 Å². The quantitative estimate of drug-likeness (QED) is 0.669. The standard InChI is InChI=1S/C15H26N2O2/c1-4-12(10-16)11-17-8-7-13-5-6-14(18-2)9-15(13)19-3/h5-6,9,12,17H,4,7-8,10-11,16H2,1-3H3. The Morgan fingerprint density at radius 2 is 2.05 bits per heavy atom. The molecule has 0 saturated carbocycles. The number of hydrogen-bond acceptors (Lipinski definition) is 4. The Hall–Kier alpha value is -1.26. The number of methoxy groups -OCH3 is 2. The maximum atomic E-state index is 5.68. The minimum absolute atomic E-state index is 0.567. The first kappa shape index (κ1) is 15.8. The van der Waals surface area contributed by atoms with Crippen LogP contribution in [0.2, 0.25) is 0 Å². The van der Waals surface area contributed by atoms with E-state index in [-0.39, 0.29) is 0 Å². The van der Waals surface area contributed by atoms with Crippen molar-refractivity contribution in [2.24, 2.45) is 11.7 Å². The highest BCUT2D eigenvalue weighted by atomic mass is 16.5. The molecule has 0 bridgehead atoms. The molecule has 0 spiro atoms. The summed E-state index contributed by atoms with van der Waals surface area (Å²) in [6.07, 6.45) is 2.06. The molecule has 1 rings (SSSR count). The van der Waals surface area contributed by atoms with Gasteiger partial charge in [-0.05, 0) is 43.6 Å². The maximum Gasteiger partial charge on any atom is 0.125 e. The minimum Gasteiger partial charge on any atom is -0.497 e. The zero-order valence-corrected chi connectivity index (χ0v) is 12.2. The van der Waals surface area contributed by atoms with Gasteiger partial charge in [0.2, 0.25) is 0 Å². The molecule has 19 heavy (non-hydrogen) atoms. The topological polar surface area (TPSA) is 56.5 Å². The van der Waals surface area contributed by atoms with E-state index in [1.807, 2.05) is 12.1 Å². The summed E-state index contributed by atoms with van der Waals surface area (Å²) in [5.74, 6) is 2.27. The van der Waals surface area contributed by atoms with Crippen molar-refractivity contribution in [3.63, 3.8) is 0 Å². The first-order chi connectivity index (χ1) is 9.24. The Kier molecular flexibility index (Phi) is 7.30. The van der Waals surface area contributed by atoms with Crippen LogP contribution in [0, 0.1) is 5.92 Å². The molecule has 0 fully saturated rings. The molecule has 0 heterocycles. The fourth-order valence-corrected chi connectivity index (χ4v) is 1.98. The Morgan fingerprint density at radius 3 is 2.63 bits per heavy atom. The molecule has 1 atom stereocenters. The molecule has 0 amide bonds. The second-order valence-corrected chi connectivity index (χ2v) is 4.64. The van der Waals surface area contributed by atoms with Gasteiger partial charge in [-0.25, -0.2) is 0 Å². The monoisotopic (exact) mass is 266 g/mol. The molecule has 1 unspecified atom stereocenters. The second-order valence-electron chi connectivity index (χ2n) is 4.64. The molecule has 0 aliphatic rings. The second kappa shape index (κ2) is 8.77. The molecule has 1 aromatic rings. The van der Waals surface area contributed by atoms with Crippen LogP contribution in [-0.4, -0.2) is 33.9 Å². The van der Waals surface area contributed by atoms with Crippen LogP contribution in [0.4, 0.5) is 0 Å². The van der Waals surface area contributed by atoms with E-state index in [4.69, 9.17) is 15.2 Å². The SMILES string of the molecule is CCC(CN)CNCCc1ccc(OC)cc1OC. The van der Waals surface area contributed by atoms with E-state index in [1.165, 1.54) is 5.56 Å². The van der Waals surface area contributed by atoms with Crippen molar-refractivity contribution in [2.45, 2.75) is 19.8 Å². The average Bonchev–Trinajstić information content (AvgIpc) is 2.47. The Balaban J connectivity index is 2.44. The summed E-state index contributed by atoms with van der Waals surface area (Å²) in [6, 6.07) is 5.94. The van der Waals surface area contributed by atoms with Crippen molar-refractivity contribution in [3.8, 4) is 11.5 Å². The van der Waals surface area contributed by atoms with Gasteiger partial charge in [0, 0.05) is 6.07 Å². The van der Waals surface area contributed by atoms with Gasteiger partial charge in [-0.1, -0.05) is 19.4 Å². The van der Waals surface area contributed by atoms with Crippen molar-refractivity contribution < 1.29 is 9.47 Å². The van der Waals surface area contributed by atoms with Gasteiger partial charge in [0.15, 0.2) is 0 Å². The van der Waals surface area contributed by atoms with E-state index in [2.05, 4.69) is 18.3 Å². The van der Waals surface area contributed by atoms with Crippen LogP contribution in [0.3, 0.4) is 0 Å². The predicted octanol–water partition coefficient (Wildman–Crippen LogP) is 1.82. The van der Waals surface area contributed by atoms with E-state index in [9.17, 15) is 0 Å². The number of nitrogens with one attached hydrogen (secondary N) is 1. The van der Waals surface area contributed by atoms with Crippen LogP contribution < -0.4 is 20.5 Å². The molecule has 1 aromatic carbocycles. The number of nitrogens with two attached hydrogens (primary N) is 1. The summed E-state index contributed by atoms with van der Waals surface area (Å²) >= 11 is 0. The minimum atomic E-state index is 0.567. The van der Waals surface area contributed by atoms with Gasteiger partial charge in [0.1, 0.15) is 11.5 Å². The third-order valence-electron chi connectivity index (χ3n) is 3.41. The Labute approximate surface area is 116 Å². The van der Waals surface area contributed by atoms with Crippen LogP contribution in [0.25, 0.3) is 0 Å². The Morgan fingerprint density at radius 1 is 1.26 bits per heavy atom. The van der Waals surface area contributed by atoms with Crippen LogP contribution in [-0.2, 0) is 6.42 Å². The molecule has 4 heteroatoms. The van der Waals surface area contributed by atoms with Gasteiger partial charge < -0.3 is 20.5 Å². The number of benzene rings is 1. The van der Waals surface area contributed by atoms with Gasteiger partial charge in [-0.3, -0.25) is 0 Å². The van der Waals surface area contributed by atoms with Crippen LogP contribution >= 0.6 is 0 Å². The number of rotatable bonds is 9. The van der Waals surface area contributed by atoms with Gasteiger partial charge in [-0.2, -0.15) is 0 Å². The highest BCUT2D eigenvalue weighted by Gasteiger charge is 2.06. The molecule has 0 saturated heterocycles. The van der Waals surface area contributed by atoms with Crippen LogP contribution in [0.5, 0.6) is 11.5 Å². The van der Waals surface area contributed by atoms with E-state index in [0.29, 0.717) is 5.92 Å². The third-order valence-corrected chi connectivity index (χ3v) is 3.41. The van der Waals surface area contributed by atoms with Gasteiger partial charge in [-0.15, -0.1) is 0 Å². The first-order valence-corrected chi connectivity index (χ1v) is 6.86.